The molecule has 0 bridgehead atoms. The van der Waals surface area contributed by atoms with Crippen molar-refractivity contribution in [3.8, 4) is 5.75 Å². The Kier molecular flexibility index (Phi) is 5.03. The van der Waals surface area contributed by atoms with Gasteiger partial charge in [-0.05, 0) is 38.0 Å². The van der Waals surface area contributed by atoms with Crippen molar-refractivity contribution in [1.82, 2.24) is 10.2 Å². The van der Waals surface area contributed by atoms with Crippen LogP contribution in [-0.4, -0.2) is 23.2 Å². The molecule has 1 N–H and O–H groups in total. The summed E-state index contributed by atoms with van der Waals surface area (Å²) in [5.41, 5.74) is 1.43. The number of amides is 1. The molecule has 0 radical (unpaired) electrons. The second-order valence-corrected chi connectivity index (χ2v) is 6.84. The van der Waals surface area contributed by atoms with Crippen LogP contribution in [0.25, 0.3) is 11.0 Å². The number of hydrogen-bond donors (Lipinski definition) is 1. The Bertz CT molecular complexity index is 896. The fraction of sp³-hybridized carbons (Fsp3) is 0.389. The molecule has 2 heterocycles. The molecule has 0 spiro atoms. The zero-order valence-electron chi connectivity index (χ0n) is 14.8. The zero-order valence-corrected chi connectivity index (χ0v) is 15.6. The molecule has 1 aromatic carbocycles. The smallest absolute Gasteiger partial charge is 0.293 e. The van der Waals surface area contributed by atoms with Crippen molar-refractivity contribution >= 4 is 33.3 Å². The van der Waals surface area contributed by atoms with Crippen molar-refractivity contribution in [2.75, 3.05) is 12.4 Å². The summed E-state index contributed by atoms with van der Waals surface area (Å²) in [6, 6.07) is 5.47. The van der Waals surface area contributed by atoms with Crippen molar-refractivity contribution in [3.05, 3.63) is 34.5 Å². The minimum Gasteiger partial charge on any atom is -0.497 e. The standard InChI is InChI=1S/C18H21N3O3S/c1-5-11(6-2)17-20-21-18(25-17)19-16(22)15-10(3)13-9-12(23-4)7-8-14(13)24-15/h7-9,11H,5-6H2,1-4H3,(H,19,21,22). The summed E-state index contributed by atoms with van der Waals surface area (Å²) in [5, 5.41) is 13.4. The first kappa shape index (κ1) is 17.4. The maximum absolute atomic E-state index is 12.6. The molecule has 0 aliphatic heterocycles. The van der Waals surface area contributed by atoms with Gasteiger partial charge in [0.05, 0.1) is 7.11 Å². The van der Waals surface area contributed by atoms with Gasteiger partial charge in [0.25, 0.3) is 5.91 Å². The van der Waals surface area contributed by atoms with E-state index in [0.717, 1.165) is 34.5 Å². The number of hydrogen-bond acceptors (Lipinski definition) is 6. The topological polar surface area (TPSA) is 77.3 Å². The molecule has 0 saturated heterocycles. The van der Waals surface area contributed by atoms with Gasteiger partial charge in [0.15, 0.2) is 5.76 Å². The van der Waals surface area contributed by atoms with Gasteiger partial charge in [0.2, 0.25) is 5.13 Å². The first-order valence-corrected chi connectivity index (χ1v) is 9.10. The normalized spacial score (nSPS) is 11.2. The highest BCUT2D eigenvalue weighted by Gasteiger charge is 2.20. The van der Waals surface area contributed by atoms with Crippen molar-refractivity contribution < 1.29 is 13.9 Å². The van der Waals surface area contributed by atoms with Crippen LogP contribution < -0.4 is 10.1 Å². The van der Waals surface area contributed by atoms with E-state index < -0.39 is 0 Å². The molecule has 0 aliphatic carbocycles. The minimum absolute atomic E-state index is 0.280. The molecular weight excluding hydrogens is 338 g/mol. The molecule has 3 rings (SSSR count). The lowest BCUT2D eigenvalue weighted by Gasteiger charge is -2.05. The first-order chi connectivity index (χ1) is 12.1. The molecule has 0 fully saturated rings. The van der Waals surface area contributed by atoms with Gasteiger partial charge in [-0.3, -0.25) is 10.1 Å². The van der Waals surface area contributed by atoms with E-state index in [1.165, 1.54) is 11.3 Å². The van der Waals surface area contributed by atoms with Gasteiger partial charge in [-0.25, -0.2) is 0 Å². The highest BCUT2D eigenvalue weighted by Crippen LogP contribution is 2.31. The van der Waals surface area contributed by atoms with E-state index in [1.54, 1.807) is 19.2 Å². The maximum atomic E-state index is 12.6. The van der Waals surface area contributed by atoms with Crippen molar-refractivity contribution in [1.29, 1.82) is 0 Å². The lowest BCUT2D eigenvalue weighted by atomic mass is 10.1. The number of aryl methyl sites for hydroxylation is 1. The Morgan fingerprint density at radius 2 is 2.08 bits per heavy atom. The highest BCUT2D eigenvalue weighted by molar-refractivity contribution is 7.15. The second-order valence-electron chi connectivity index (χ2n) is 5.83. The van der Waals surface area contributed by atoms with Crippen LogP contribution in [0.3, 0.4) is 0 Å². The molecule has 6 nitrogen and oxygen atoms in total. The number of nitrogens with zero attached hydrogens (tertiary/aromatic N) is 2. The van der Waals surface area contributed by atoms with Gasteiger partial charge in [0.1, 0.15) is 16.3 Å². The number of furan rings is 1. The third-order valence-corrected chi connectivity index (χ3v) is 5.35. The minimum atomic E-state index is -0.320. The van der Waals surface area contributed by atoms with E-state index in [4.69, 9.17) is 9.15 Å². The van der Waals surface area contributed by atoms with Crippen LogP contribution in [0.15, 0.2) is 22.6 Å². The van der Waals surface area contributed by atoms with Crippen LogP contribution in [0.2, 0.25) is 0 Å². The summed E-state index contributed by atoms with van der Waals surface area (Å²) in [5.74, 6) is 1.06. The van der Waals surface area contributed by atoms with Gasteiger partial charge < -0.3 is 9.15 Å². The van der Waals surface area contributed by atoms with Crippen molar-refractivity contribution in [3.63, 3.8) is 0 Å². The Morgan fingerprint density at radius 3 is 2.76 bits per heavy atom. The second kappa shape index (κ2) is 7.23. The zero-order chi connectivity index (χ0) is 18.0. The monoisotopic (exact) mass is 359 g/mol. The predicted molar refractivity (Wildman–Crippen MR) is 98.7 cm³/mol. The van der Waals surface area contributed by atoms with Gasteiger partial charge in [0, 0.05) is 16.9 Å². The van der Waals surface area contributed by atoms with Crippen molar-refractivity contribution in [2.24, 2.45) is 0 Å². The van der Waals surface area contributed by atoms with E-state index in [-0.39, 0.29) is 11.7 Å². The van der Waals surface area contributed by atoms with Gasteiger partial charge in [-0.1, -0.05) is 25.2 Å². The van der Waals surface area contributed by atoms with Crippen LogP contribution in [-0.2, 0) is 0 Å². The van der Waals surface area contributed by atoms with Crippen LogP contribution in [0.4, 0.5) is 5.13 Å². The molecule has 3 aromatic rings. The number of carbonyl (C=O) groups is 1. The first-order valence-electron chi connectivity index (χ1n) is 8.29. The number of anilines is 1. The molecule has 7 heteroatoms. The number of benzene rings is 1. The molecule has 2 aromatic heterocycles. The van der Waals surface area contributed by atoms with Gasteiger partial charge >= 0.3 is 0 Å². The Morgan fingerprint density at radius 1 is 1.32 bits per heavy atom. The molecule has 0 atom stereocenters. The number of nitrogens with one attached hydrogen (secondary N) is 1. The van der Waals surface area contributed by atoms with Crippen LogP contribution >= 0.6 is 11.3 Å². The number of fused-ring (bicyclic) bond motifs is 1. The fourth-order valence-corrected chi connectivity index (χ4v) is 3.79. The fourth-order valence-electron chi connectivity index (χ4n) is 2.79. The number of carbonyl (C=O) groups excluding carboxylic acids is 1. The molecular formula is C18H21N3O3S. The Labute approximate surface area is 150 Å². The third kappa shape index (κ3) is 3.37. The summed E-state index contributed by atoms with van der Waals surface area (Å²) >= 11 is 1.42. The predicted octanol–water partition coefficient (Wildman–Crippen LogP) is 4.76. The summed E-state index contributed by atoms with van der Waals surface area (Å²) in [6.07, 6.45) is 2.01. The highest BCUT2D eigenvalue weighted by atomic mass is 32.1. The van der Waals surface area contributed by atoms with E-state index in [9.17, 15) is 4.79 Å². The van der Waals surface area contributed by atoms with Crippen LogP contribution in [0.5, 0.6) is 5.75 Å². The summed E-state index contributed by atoms with van der Waals surface area (Å²) in [6.45, 7) is 6.11. The Balaban J connectivity index is 1.84. The van der Waals surface area contributed by atoms with E-state index in [1.807, 2.05) is 13.0 Å². The maximum Gasteiger partial charge on any atom is 0.293 e. The quantitative estimate of drug-likeness (QED) is 0.687. The summed E-state index contributed by atoms with van der Waals surface area (Å²) < 4.78 is 10.9. The number of methoxy groups -OCH3 is 1. The molecule has 132 valence electrons. The van der Waals surface area contributed by atoms with E-state index >= 15 is 0 Å². The van der Waals surface area contributed by atoms with E-state index in [2.05, 4.69) is 29.4 Å². The SMILES string of the molecule is CCC(CC)c1nnc(NC(=O)c2oc3ccc(OC)cc3c2C)s1. The average molecular weight is 359 g/mol. The van der Waals surface area contributed by atoms with Crippen LogP contribution in [0.1, 0.15) is 53.7 Å². The Hall–Kier alpha value is -2.41. The summed E-state index contributed by atoms with van der Waals surface area (Å²) in [7, 11) is 1.61. The summed E-state index contributed by atoms with van der Waals surface area (Å²) in [4.78, 5) is 12.6. The molecule has 0 saturated carbocycles. The number of ether oxygens (including phenoxy) is 1. The van der Waals surface area contributed by atoms with E-state index in [0.29, 0.717) is 16.6 Å². The molecule has 25 heavy (non-hydrogen) atoms. The number of aromatic nitrogens is 2. The van der Waals surface area contributed by atoms with Gasteiger partial charge in [-0.15, -0.1) is 10.2 Å². The van der Waals surface area contributed by atoms with Crippen molar-refractivity contribution in [2.45, 2.75) is 39.5 Å². The number of rotatable bonds is 6. The van der Waals surface area contributed by atoms with Crippen LogP contribution in [0, 0.1) is 6.92 Å². The third-order valence-electron chi connectivity index (χ3n) is 4.35. The molecule has 1 amide bonds. The largest absolute Gasteiger partial charge is 0.497 e. The lowest BCUT2D eigenvalue weighted by molar-refractivity contribution is 0.0998. The lowest BCUT2D eigenvalue weighted by Crippen LogP contribution is -2.11. The van der Waals surface area contributed by atoms with Gasteiger partial charge in [-0.2, -0.15) is 0 Å². The average Bonchev–Trinajstić information content (AvgIpc) is 3.21. The molecule has 0 aliphatic rings. The molecule has 0 unspecified atom stereocenters.